The van der Waals surface area contributed by atoms with Crippen molar-refractivity contribution in [2.24, 2.45) is 4.99 Å². The van der Waals surface area contributed by atoms with Crippen molar-refractivity contribution in [3.8, 4) is 5.75 Å². The van der Waals surface area contributed by atoms with Crippen LogP contribution in [0.2, 0.25) is 0 Å². The van der Waals surface area contributed by atoms with E-state index in [4.69, 9.17) is 4.74 Å². The van der Waals surface area contributed by atoms with E-state index in [0.717, 1.165) is 5.75 Å². The SMILES string of the molecule is C=CN(C=NC)CC(=O)c1ccc(OCC)cc1. The van der Waals surface area contributed by atoms with Crippen LogP contribution >= 0.6 is 0 Å². The summed E-state index contributed by atoms with van der Waals surface area (Å²) in [5.74, 6) is 0.780. The Kier molecular flexibility index (Phi) is 5.64. The summed E-state index contributed by atoms with van der Waals surface area (Å²) in [6.07, 6.45) is 3.14. The molecule has 0 amide bonds. The van der Waals surface area contributed by atoms with Crippen LogP contribution in [-0.4, -0.2) is 37.2 Å². The fourth-order valence-corrected chi connectivity index (χ4v) is 1.46. The summed E-state index contributed by atoms with van der Waals surface area (Å²) >= 11 is 0. The quantitative estimate of drug-likeness (QED) is 0.421. The lowest BCUT2D eigenvalue weighted by atomic mass is 10.1. The van der Waals surface area contributed by atoms with Gasteiger partial charge in [-0.25, -0.2) is 0 Å². The van der Waals surface area contributed by atoms with Crippen LogP contribution in [0.1, 0.15) is 17.3 Å². The summed E-state index contributed by atoms with van der Waals surface area (Å²) in [7, 11) is 1.65. The van der Waals surface area contributed by atoms with Gasteiger partial charge in [0.15, 0.2) is 5.78 Å². The van der Waals surface area contributed by atoms with Crippen LogP contribution < -0.4 is 4.74 Å². The van der Waals surface area contributed by atoms with Gasteiger partial charge in [0.05, 0.1) is 19.5 Å². The smallest absolute Gasteiger partial charge is 0.182 e. The summed E-state index contributed by atoms with van der Waals surface area (Å²) in [5.41, 5.74) is 0.648. The van der Waals surface area contributed by atoms with Crippen molar-refractivity contribution >= 4 is 12.1 Å². The summed E-state index contributed by atoms with van der Waals surface area (Å²) < 4.78 is 5.32. The van der Waals surface area contributed by atoms with E-state index in [1.54, 1.807) is 48.8 Å². The van der Waals surface area contributed by atoms with Crippen LogP contribution in [0.25, 0.3) is 0 Å². The minimum atomic E-state index is 0.0119. The first-order chi connectivity index (χ1) is 8.71. The lowest BCUT2D eigenvalue weighted by Crippen LogP contribution is -2.23. The topological polar surface area (TPSA) is 41.9 Å². The van der Waals surface area contributed by atoms with Gasteiger partial charge in [0.2, 0.25) is 0 Å². The molecule has 1 aromatic rings. The van der Waals surface area contributed by atoms with Crippen LogP contribution in [0.3, 0.4) is 0 Å². The number of nitrogens with zero attached hydrogens (tertiary/aromatic N) is 2. The average Bonchev–Trinajstić information content (AvgIpc) is 2.39. The normalized spacial score (nSPS) is 10.3. The predicted molar refractivity (Wildman–Crippen MR) is 73.3 cm³/mol. The number of ketones is 1. The fraction of sp³-hybridized carbons (Fsp3) is 0.286. The van der Waals surface area contributed by atoms with Crippen molar-refractivity contribution in [1.29, 1.82) is 0 Å². The number of hydrogen-bond donors (Lipinski definition) is 0. The lowest BCUT2D eigenvalue weighted by molar-refractivity contribution is 0.0976. The molecule has 1 rings (SSSR count). The summed E-state index contributed by atoms with van der Waals surface area (Å²) in [5, 5.41) is 0. The Labute approximate surface area is 108 Å². The second-order valence-corrected chi connectivity index (χ2v) is 3.61. The number of carbonyl (C=O) groups excluding carboxylic acids is 1. The number of Topliss-reactive ketones (excluding diaryl/α,β-unsaturated/α-hetero) is 1. The van der Waals surface area contributed by atoms with E-state index in [2.05, 4.69) is 11.6 Å². The van der Waals surface area contributed by atoms with Gasteiger partial charge in [-0.05, 0) is 37.4 Å². The molecule has 4 heteroatoms. The van der Waals surface area contributed by atoms with Gasteiger partial charge in [0.25, 0.3) is 0 Å². The molecule has 0 atom stereocenters. The largest absolute Gasteiger partial charge is 0.494 e. The van der Waals surface area contributed by atoms with Gasteiger partial charge in [-0.1, -0.05) is 6.58 Å². The first kappa shape index (κ1) is 14.0. The van der Waals surface area contributed by atoms with E-state index >= 15 is 0 Å². The van der Waals surface area contributed by atoms with Crippen LogP contribution in [0.4, 0.5) is 0 Å². The summed E-state index contributed by atoms with van der Waals surface area (Å²) in [6, 6.07) is 7.11. The zero-order valence-electron chi connectivity index (χ0n) is 10.8. The zero-order chi connectivity index (χ0) is 13.4. The van der Waals surface area contributed by atoms with E-state index in [1.165, 1.54) is 0 Å². The Balaban J connectivity index is 2.68. The molecular formula is C14H18N2O2. The maximum Gasteiger partial charge on any atom is 0.182 e. The Bertz CT molecular complexity index is 424. The molecule has 0 aliphatic rings. The van der Waals surface area contributed by atoms with Crippen LogP contribution in [0, 0.1) is 0 Å². The molecule has 0 N–H and O–H groups in total. The van der Waals surface area contributed by atoms with Crippen molar-refractivity contribution in [2.45, 2.75) is 6.92 Å². The third-order valence-corrected chi connectivity index (χ3v) is 2.31. The molecule has 96 valence electrons. The molecule has 0 aliphatic heterocycles. The molecule has 0 bridgehead atoms. The van der Waals surface area contributed by atoms with Crippen molar-refractivity contribution in [1.82, 2.24) is 4.90 Å². The molecule has 0 saturated heterocycles. The molecule has 1 aromatic carbocycles. The highest BCUT2D eigenvalue weighted by Crippen LogP contribution is 2.12. The number of carbonyl (C=O) groups is 1. The summed E-state index contributed by atoms with van der Waals surface area (Å²) in [4.78, 5) is 17.5. The molecule has 0 heterocycles. The number of benzene rings is 1. The van der Waals surface area contributed by atoms with Gasteiger partial charge in [0.1, 0.15) is 5.75 Å². The number of aliphatic imine (C=N–C) groups is 1. The van der Waals surface area contributed by atoms with Crippen molar-refractivity contribution in [3.05, 3.63) is 42.6 Å². The zero-order valence-corrected chi connectivity index (χ0v) is 10.8. The maximum atomic E-state index is 12.0. The number of hydrogen-bond acceptors (Lipinski definition) is 3. The van der Waals surface area contributed by atoms with Crippen LogP contribution in [0.15, 0.2) is 42.0 Å². The van der Waals surface area contributed by atoms with Crippen molar-refractivity contribution in [3.63, 3.8) is 0 Å². The Morgan fingerprint density at radius 1 is 1.44 bits per heavy atom. The summed E-state index contributed by atoms with van der Waals surface area (Å²) in [6.45, 7) is 6.40. The van der Waals surface area contributed by atoms with Gasteiger partial charge in [0, 0.05) is 12.6 Å². The van der Waals surface area contributed by atoms with E-state index in [-0.39, 0.29) is 12.3 Å². The Morgan fingerprint density at radius 2 is 2.11 bits per heavy atom. The molecule has 0 fully saturated rings. The predicted octanol–water partition coefficient (Wildman–Crippen LogP) is 2.37. The number of rotatable bonds is 7. The standard InChI is InChI=1S/C14H18N2O2/c1-4-16(11-15-3)10-14(17)12-6-8-13(9-7-12)18-5-2/h4,6-9,11H,1,5,10H2,2-3H3. The minimum absolute atomic E-state index is 0.0119. The van der Waals surface area contributed by atoms with E-state index in [1.807, 2.05) is 6.92 Å². The van der Waals surface area contributed by atoms with E-state index < -0.39 is 0 Å². The van der Waals surface area contributed by atoms with Gasteiger partial charge in [-0.15, -0.1) is 0 Å². The molecule has 0 saturated carbocycles. The van der Waals surface area contributed by atoms with Gasteiger partial charge < -0.3 is 9.64 Å². The monoisotopic (exact) mass is 246 g/mol. The van der Waals surface area contributed by atoms with E-state index in [9.17, 15) is 4.79 Å². The lowest BCUT2D eigenvalue weighted by Gasteiger charge is -2.12. The highest BCUT2D eigenvalue weighted by Gasteiger charge is 2.08. The molecule has 0 spiro atoms. The van der Waals surface area contributed by atoms with Gasteiger partial charge in [-0.2, -0.15) is 0 Å². The van der Waals surface area contributed by atoms with Crippen molar-refractivity contribution in [2.75, 3.05) is 20.2 Å². The van der Waals surface area contributed by atoms with Crippen LogP contribution in [0.5, 0.6) is 5.75 Å². The molecule has 4 nitrogen and oxygen atoms in total. The first-order valence-corrected chi connectivity index (χ1v) is 5.78. The Morgan fingerprint density at radius 3 is 2.61 bits per heavy atom. The van der Waals surface area contributed by atoms with Gasteiger partial charge in [-0.3, -0.25) is 9.79 Å². The molecule has 0 radical (unpaired) electrons. The van der Waals surface area contributed by atoms with Crippen LogP contribution in [-0.2, 0) is 0 Å². The molecular weight excluding hydrogens is 228 g/mol. The van der Waals surface area contributed by atoms with E-state index in [0.29, 0.717) is 12.2 Å². The second kappa shape index (κ2) is 7.27. The molecule has 0 aromatic heterocycles. The second-order valence-electron chi connectivity index (χ2n) is 3.61. The third kappa shape index (κ3) is 4.05. The third-order valence-electron chi connectivity index (χ3n) is 2.31. The average molecular weight is 246 g/mol. The molecule has 18 heavy (non-hydrogen) atoms. The number of ether oxygens (including phenoxy) is 1. The van der Waals surface area contributed by atoms with Crippen molar-refractivity contribution < 1.29 is 9.53 Å². The highest BCUT2D eigenvalue weighted by atomic mass is 16.5. The maximum absolute atomic E-state index is 12.0. The molecule has 0 aliphatic carbocycles. The highest BCUT2D eigenvalue weighted by molar-refractivity contribution is 5.98. The first-order valence-electron chi connectivity index (χ1n) is 5.78. The molecule has 0 unspecified atom stereocenters. The van der Waals surface area contributed by atoms with Gasteiger partial charge >= 0.3 is 0 Å². The Hall–Kier alpha value is -2.10. The minimum Gasteiger partial charge on any atom is -0.494 e. The fourth-order valence-electron chi connectivity index (χ4n) is 1.46.